The molecule has 0 aliphatic heterocycles. The fourth-order valence-electron chi connectivity index (χ4n) is 2.59. The molecule has 122 valence electrons. The van der Waals surface area contributed by atoms with Crippen molar-refractivity contribution in [1.82, 2.24) is 10.3 Å². The molecule has 1 heterocycles. The Morgan fingerprint density at radius 2 is 1.71 bits per heavy atom. The number of hydrogen-bond acceptors (Lipinski definition) is 4. The van der Waals surface area contributed by atoms with E-state index in [2.05, 4.69) is 53.8 Å². The van der Waals surface area contributed by atoms with E-state index < -0.39 is 0 Å². The van der Waals surface area contributed by atoms with Crippen LogP contribution in [0, 0.1) is 0 Å². The van der Waals surface area contributed by atoms with Gasteiger partial charge in [0.05, 0.1) is 5.69 Å². The molecule has 21 heavy (non-hydrogen) atoms. The van der Waals surface area contributed by atoms with Crippen LogP contribution in [0.4, 0.5) is 0 Å². The first kappa shape index (κ1) is 18.6. The van der Waals surface area contributed by atoms with Crippen molar-refractivity contribution in [1.29, 1.82) is 0 Å². The highest BCUT2D eigenvalue weighted by Crippen LogP contribution is 2.39. The molecule has 1 aromatic heterocycles. The summed E-state index contributed by atoms with van der Waals surface area (Å²) in [6, 6.07) is 0. The second-order valence-corrected chi connectivity index (χ2v) is 7.54. The number of nitrogens with one attached hydrogen (secondary N) is 1. The molecule has 0 bridgehead atoms. The van der Waals surface area contributed by atoms with Crippen molar-refractivity contribution in [3.05, 3.63) is 15.6 Å². The molecule has 0 fully saturated rings. The minimum absolute atomic E-state index is 0.0684. The topological polar surface area (TPSA) is 34.1 Å². The van der Waals surface area contributed by atoms with Crippen LogP contribution >= 0.6 is 11.3 Å². The van der Waals surface area contributed by atoms with Crippen molar-refractivity contribution in [3.8, 4) is 0 Å². The molecule has 0 spiro atoms. The summed E-state index contributed by atoms with van der Waals surface area (Å²) in [6.07, 6.45) is 1.93. The highest BCUT2D eigenvalue weighted by Gasteiger charge is 2.35. The van der Waals surface area contributed by atoms with E-state index in [1.165, 1.54) is 10.6 Å². The lowest BCUT2D eigenvalue weighted by atomic mass is 9.91. The van der Waals surface area contributed by atoms with Gasteiger partial charge in [0.15, 0.2) is 0 Å². The largest absolute Gasteiger partial charge is 0.368 e. The second kappa shape index (κ2) is 7.70. The first-order valence-corrected chi connectivity index (χ1v) is 9.01. The Bertz CT molecular complexity index is 430. The van der Waals surface area contributed by atoms with E-state index in [9.17, 15) is 0 Å². The number of thiazole rings is 1. The molecule has 0 saturated carbocycles. The first-order valence-electron chi connectivity index (χ1n) is 8.19. The molecule has 3 nitrogen and oxygen atoms in total. The molecule has 4 heteroatoms. The number of rotatable bonds is 8. The quantitative estimate of drug-likeness (QED) is 0.761. The van der Waals surface area contributed by atoms with E-state index in [4.69, 9.17) is 9.72 Å². The van der Waals surface area contributed by atoms with Crippen molar-refractivity contribution in [2.45, 2.75) is 78.9 Å². The molecule has 0 aromatic carbocycles. The fourth-order valence-corrected chi connectivity index (χ4v) is 4.11. The zero-order valence-corrected chi connectivity index (χ0v) is 15.6. The molecule has 0 atom stereocenters. The molecule has 1 aromatic rings. The fraction of sp³-hybridized carbons (Fsp3) is 0.824. The van der Waals surface area contributed by atoms with Gasteiger partial charge in [0.2, 0.25) is 0 Å². The number of nitrogens with zero attached hydrogens (tertiary/aromatic N) is 1. The van der Waals surface area contributed by atoms with Gasteiger partial charge in [-0.15, -0.1) is 11.3 Å². The summed E-state index contributed by atoms with van der Waals surface area (Å²) in [7, 11) is 0. The van der Waals surface area contributed by atoms with Gasteiger partial charge in [-0.1, -0.05) is 41.5 Å². The maximum Gasteiger partial charge on any atom is 0.125 e. The highest BCUT2D eigenvalue weighted by molar-refractivity contribution is 7.11. The number of aromatic nitrogens is 1. The predicted molar refractivity (Wildman–Crippen MR) is 92.1 cm³/mol. The molecular formula is C17H32N2OS. The van der Waals surface area contributed by atoms with Gasteiger partial charge in [-0.3, -0.25) is 0 Å². The third kappa shape index (κ3) is 4.27. The van der Waals surface area contributed by atoms with Crippen LogP contribution in [0.15, 0.2) is 0 Å². The maximum absolute atomic E-state index is 6.13. The van der Waals surface area contributed by atoms with Gasteiger partial charge in [-0.2, -0.15) is 0 Å². The lowest BCUT2D eigenvalue weighted by Crippen LogP contribution is -2.28. The van der Waals surface area contributed by atoms with Crippen LogP contribution in [0.5, 0.6) is 0 Å². The molecule has 0 amide bonds. The van der Waals surface area contributed by atoms with Gasteiger partial charge in [-0.05, 0) is 26.3 Å². The number of ether oxygens (including phenoxy) is 1. The van der Waals surface area contributed by atoms with E-state index in [0.717, 1.165) is 37.5 Å². The minimum Gasteiger partial charge on any atom is -0.368 e. The molecule has 0 unspecified atom stereocenters. The Balaban J connectivity index is 3.27. The van der Waals surface area contributed by atoms with Gasteiger partial charge in [0.1, 0.15) is 10.6 Å². The molecule has 0 saturated heterocycles. The van der Waals surface area contributed by atoms with Crippen molar-refractivity contribution in [3.63, 3.8) is 0 Å². The van der Waals surface area contributed by atoms with E-state index >= 15 is 0 Å². The van der Waals surface area contributed by atoms with Crippen molar-refractivity contribution in [2.24, 2.45) is 0 Å². The molecule has 1 rings (SSSR count). The van der Waals surface area contributed by atoms with Gasteiger partial charge in [0, 0.05) is 23.4 Å². The molecule has 0 aliphatic carbocycles. The smallest absolute Gasteiger partial charge is 0.125 e. The zero-order valence-electron chi connectivity index (χ0n) is 14.8. The summed E-state index contributed by atoms with van der Waals surface area (Å²) < 4.78 is 6.13. The zero-order chi connectivity index (χ0) is 16.1. The van der Waals surface area contributed by atoms with Crippen molar-refractivity contribution >= 4 is 11.3 Å². The highest BCUT2D eigenvalue weighted by atomic mass is 32.1. The summed E-state index contributed by atoms with van der Waals surface area (Å²) in [5, 5.41) is 4.58. The monoisotopic (exact) mass is 312 g/mol. The first-order chi connectivity index (χ1) is 9.84. The normalized spacial score (nSPS) is 12.9. The van der Waals surface area contributed by atoms with E-state index in [1.807, 2.05) is 11.3 Å². The van der Waals surface area contributed by atoms with Crippen LogP contribution in [0.1, 0.15) is 76.9 Å². The van der Waals surface area contributed by atoms with Crippen LogP contribution < -0.4 is 5.32 Å². The SMILES string of the molecule is CCNCc1sc(C(CC)(CC)OCC)nc1C(C)(C)C. The molecule has 0 radical (unpaired) electrons. The average molecular weight is 313 g/mol. The second-order valence-electron chi connectivity index (χ2n) is 6.46. The van der Waals surface area contributed by atoms with E-state index in [0.29, 0.717) is 0 Å². The van der Waals surface area contributed by atoms with Gasteiger partial charge in [0.25, 0.3) is 0 Å². The van der Waals surface area contributed by atoms with Gasteiger partial charge >= 0.3 is 0 Å². The molecular weight excluding hydrogens is 280 g/mol. The van der Waals surface area contributed by atoms with Crippen molar-refractivity contribution in [2.75, 3.05) is 13.2 Å². The summed E-state index contributed by atoms with van der Waals surface area (Å²) >= 11 is 1.82. The molecule has 1 N–H and O–H groups in total. The average Bonchev–Trinajstić information content (AvgIpc) is 2.87. The summed E-state index contributed by atoms with van der Waals surface area (Å²) in [4.78, 5) is 6.37. The lowest BCUT2D eigenvalue weighted by Gasteiger charge is -2.29. The summed E-state index contributed by atoms with van der Waals surface area (Å²) in [5.74, 6) is 0. The maximum atomic E-state index is 6.13. The van der Waals surface area contributed by atoms with Crippen LogP contribution in [0.3, 0.4) is 0 Å². The van der Waals surface area contributed by atoms with Crippen LogP contribution in [-0.4, -0.2) is 18.1 Å². The Morgan fingerprint density at radius 1 is 1.10 bits per heavy atom. The van der Waals surface area contributed by atoms with E-state index in [1.54, 1.807) is 0 Å². The third-order valence-corrected chi connectivity index (χ3v) is 5.14. The third-order valence-electron chi connectivity index (χ3n) is 3.90. The van der Waals surface area contributed by atoms with Crippen LogP contribution in [0.2, 0.25) is 0 Å². The predicted octanol–water partition coefficient (Wildman–Crippen LogP) is 4.60. The Kier molecular flexibility index (Phi) is 6.82. The van der Waals surface area contributed by atoms with Crippen molar-refractivity contribution < 1.29 is 4.74 Å². The van der Waals surface area contributed by atoms with Crippen LogP contribution in [-0.2, 0) is 22.3 Å². The van der Waals surface area contributed by atoms with Gasteiger partial charge in [-0.25, -0.2) is 4.98 Å². The minimum atomic E-state index is -0.218. The number of hydrogen-bond donors (Lipinski definition) is 1. The van der Waals surface area contributed by atoms with E-state index in [-0.39, 0.29) is 11.0 Å². The Morgan fingerprint density at radius 3 is 2.14 bits per heavy atom. The lowest BCUT2D eigenvalue weighted by molar-refractivity contribution is -0.0507. The summed E-state index contributed by atoms with van der Waals surface area (Å²) in [6.45, 7) is 17.9. The Hall–Kier alpha value is -0.450. The summed E-state index contributed by atoms with van der Waals surface area (Å²) in [5.41, 5.74) is 1.07. The molecule has 0 aliphatic rings. The van der Waals surface area contributed by atoms with Crippen LogP contribution in [0.25, 0.3) is 0 Å². The Labute approximate surface area is 134 Å². The van der Waals surface area contributed by atoms with Gasteiger partial charge < -0.3 is 10.1 Å². The standard InChI is InChI=1S/C17H32N2OS/c1-8-17(9-2,20-11-4)15-19-14(16(5,6)7)13(21-15)12-18-10-3/h18H,8-12H2,1-7H3.